The van der Waals surface area contributed by atoms with Gasteiger partial charge < -0.3 is 15.7 Å². The molecule has 0 aromatic carbocycles. The van der Waals surface area contributed by atoms with Crippen LogP contribution >= 0.6 is 0 Å². The summed E-state index contributed by atoms with van der Waals surface area (Å²) < 4.78 is 0. The third-order valence-electron chi connectivity index (χ3n) is 3.85. The number of hydrogen-bond donors (Lipinski definition) is 3. The molecule has 0 unspecified atom stereocenters. The van der Waals surface area contributed by atoms with E-state index < -0.39 is 0 Å². The van der Waals surface area contributed by atoms with Crippen LogP contribution < -0.4 is 15.5 Å². The van der Waals surface area contributed by atoms with Crippen molar-refractivity contribution in [3.8, 4) is 0 Å². The van der Waals surface area contributed by atoms with Crippen molar-refractivity contribution in [2.75, 3.05) is 23.3 Å². The molecule has 1 fully saturated rings. The number of nitrogens with zero attached hydrogens (tertiary/aromatic N) is 2. The monoisotopic (exact) mass is 290 g/mol. The molecule has 0 bridgehead atoms. The minimum Gasteiger partial charge on any atom is -0.390 e. The van der Waals surface area contributed by atoms with E-state index in [0.717, 1.165) is 25.9 Å². The number of nitrogens with one attached hydrogen (secondary N) is 2. The fourth-order valence-electron chi connectivity index (χ4n) is 2.83. The Balaban J connectivity index is 2.04. The van der Waals surface area contributed by atoms with Gasteiger partial charge in [-0.3, -0.25) is 14.5 Å². The van der Waals surface area contributed by atoms with E-state index in [9.17, 15) is 14.7 Å². The van der Waals surface area contributed by atoms with Crippen molar-refractivity contribution in [2.45, 2.75) is 31.9 Å². The molecule has 0 aliphatic carbocycles. The van der Waals surface area contributed by atoms with Crippen LogP contribution in [0.3, 0.4) is 0 Å². The second-order valence-corrected chi connectivity index (χ2v) is 5.30. The summed E-state index contributed by atoms with van der Waals surface area (Å²) in [4.78, 5) is 30.2. The van der Waals surface area contributed by atoms with Crippen LogP contribution in [0.1, 0.15) is 25.0 Å². The molecule has 2 amide bonds. The number of aromatic nitrogens is 1. The van der Waals surface area contributed by atoms with Gasteiger partial charge in [0.1, 0.15) is 6.42 Å². The molecule has 7 heteroatoms. The molecule has 21 heavy (non-hydrogen) atoms. The molecule has 1 aromatic heterocycles. The van der Waals surface area contributed by atoms with Gasteiger partial charge in [-0.05, 0) is 38.1 Å². The molecule has 1 saturated heterocycles. The molecule has 0 atom stereocenters. The van der Waals surface area contributed by atoms with Crippen LogP contribution in [-0.4, -0.2) is 41.0 Å². The molecular formula is C14H18N4O3. The Hall–Kier alpha value is -1.99. The SMILES string of the molecule is O=C1CC(=O)N(C2CCNCC2)c2nc(CO)ccc2N1. The Morgan fingerprint density at radius 3 is 2.76 bits per heavy atom. The molecule has 112 valence electrons. The van der Waals surface area contributed by atoms with Crippen molar-refractivity contribution in [1.82, 2.24) is 10.3 Å². The van der Waals surface area contributed by atoms with Crippen molar-refractivity contribution < 1.29 is 14.7 Å². The Bertz CT molecular complexity index is 569. The second kappa shape index (κ2) is 5.79. The molecule has 3 N–H and O–H groups in total. The summed E-state index contributed by atoms with van der Waals surface area (Å²) in [6, 6.07) is 3.38. The first kappa shape index (κ1) is 14.0. The Kier molecular flexibility index (Phi) is 3.85. The third-order valence-corrected chi connectivity index (χ3v) is 3.85. The highest BCUT2D eigenvalue weighted by molar-refractivity contribution is 6.13. The summed E-state index contributed by atoms with van der Waals surface area (Å²) >= 11 is 0. The van der Waals surface area contributed by atoms with Gasteiger partial charge in [-0.15, -0.1) is 0 Å². The number of aliphatic hydroxyl groups is 1. The molecule has 7 nitrogen and oxygen atoms in total. The van der Waals surface area contributed by atoms with Gasteiger partial charge in [-0.25, -0.2) is 4.98 Å². The molecule has 1 aromatic rings. The summed E-state index contributed by atoms with van der Waals surface area (Å²) in [5, 5.41) is 15.2. The number of anilines is 2. The van der Waals surface area contributed by atoms with Gasteiger partial charge >= 0.3 is 0 Å². The van der Waals surface area contributed by atoms with E-state index in [2.05, 4.69) is 15.6 Å². The van der Waals surface area contributed by atoms with E-state index >= 15 is 0 Å². The smallest absolute Gasteiger partial charge is 0.237 e. The predicted molar refractivity (Wildman–Crippen MR) is 76.8 cm³/mol. The summed E-state index contributed by atoms with van der Waals surface area (Å²) in [5.74, 6) is -0.110. The number of rotatable bonds is 2. The summed E-state index contributed by atoms with van der Waals surface area (Å²) in [7, 11) is 0. The van der Waals surface area contributed by atoms with Crippen LogP contribution in [0.2, 0.25) is 0 Å². The zero-order valence-electron chi connectivity index (χ0n) is 11.6. The van der Waals surface area contributed by atoms with E-state index in [1.54, 1.807) is 17.0 Å². The average molecular weight is 290 g/mol. The van der Waals surface area contributed by atoms with Gasteiger partial charge in [0.25, 0.3) is 0 Å². The van der Waals surface area contributed by atoms with Crippen molar-refractivity contribution in [3.63, 3.8) is 0 Å². The number of piperidine rings is 1. The first-order chi connectivity index (χ1) is 10.2. The number of carbonyl (C=O) groups excluding carboxylic acids is 2. The minimum atomic E-state index is -0.323. The first-order valence-electron chi connectivity index (χ1n) is 7.12. The van der Waals surface area contributed by atoms with Crippen molar-refractivity contribution in [1.29, 1.82) is 0 Å². The minimum absolute atomic E-state index is 0.0339. The lowest BCUT2D eigenvalue weighted by molar-refractivity contribution is -0.125. The molecule has 3 rings (SSSR count). The summed E-state index contributed by atoms with van der Waals surface area (Å²) in [6.07, 6.45) is 1.48. The van der Waals surface area contributed by atoms with Gasteiger partial charge in [-0.1, -0.05) is 0 Å². The molecule has 0 saturated carbocycles. The molecule has 0 radical (unpaired) electrons. The topological polar surface area (TPSA) is 94.6 Å². The maximum absolute atomic E-state index is 12.4. The molecule has 3 heterocycles. The fourth-order valence-corrected chi connectivity index (χ4v) is 2.83. The number of carbonyl (C=O) groups is 2. The van der Waals surface area contributed by atoms with Crippen molar-refractivity contribution in [2.24, 2.45) is 0 Å². The molecule has 2 aliphatic rings. The fraction of sp³-hybridized carbons (Fsp3) is 0.500. The lowest BCUT2D eigenvalue weighted by Gasteiger charge is -2.33. The standard InChI is InChI=1S/C14H18N4O3/c19-8-9-1-2-11-14(16-9)18(10-3-5-15-6-4-10)13(21)7-12(20)17-11/h1-2,10,15,19H,3-8H2,(H,17,20). The number of aliphatic hydroxyl groups excluding tert-OH is 1. The van der Waals surface area contributed by atoms with Gasteiger partial charge in [-0.2, -0.15) is 0 Å². The first-order valence-corrected chi connectivity index (χ1v) is 7.12. The van der Waals surface area contributed by atoms with E-state index in [0.29, 0.717) is 17.2 Å². The van der Waals surface area contributed by atoms with E-state index in [-0.39, 0.29) is 30.9 Å². The Morgan fingerprint density at radius 2 is 2.05 bits per heavy atom. The summed E-state index contributed by atoms with van der Waals surface area (Å²) in [5.41, 5.74) is 1.01. The Labute approximate surface area is 122 Å². The average Bonchev–Trinajstić information content (AvgIpc) is 2.61. The van der Waals surface area contributed by atoms with Crippen LogP contribution in [0.15, 0.2) is 12.1 Å². The van der Waals surface area contributed by atoms with Gasteiger partial charge in [0.2, 0.25) is 11.8 Å². The summed E-state index contributed by atoms with van der Waals surface area (Å²) in [6.45, 7) is 1.48. The van der Waals surface area contributed by atoms with E-state index in [1.165, 1.54) is 0 Å². The van der Waals surface area contributed by atoms with Gasteiger partial charge in [0.15, 0.2) is 5.82 Å². The predicted octanol–water partition coefficient (Wildman–Crippen LogP) is 0.00110. The quantitative estimate of drug-likeness (QED) is 0.667. The maximum atomic E-state index is 12.4. The third kappa shape index (κ3) is 2.74. The molecular weight excluding hydrogens is 272 g/mol. The van der Waals surface area contributed by atoms with Gasteiger partial charge in [0, 0.05) is 6.04 Å². The lowest BCUT2D eigenvalue weighted by Crippen LogP contribution is -2.46. The lowest BCUT2D eigenvalue weighted by atomic mass is 10.0. The maximum Gasteiger partial charge on any atom is 0.237 e. The highest BCUT2D eigenvalue weighted by atomic mass is 16.3. The Morgan fingerprint density at radius 1 is 1.29 bits per heavy atom. The largest absolute Gasteiger partial charge is 0.390 e. The number of hydrogen-bond acceptors (Lipinski definition) is 5. The van der Waals surface area contributed by atoms with E-state index in [4.69, 9.17) is 0 Å². The molecule has 2 aliphatic heterocycles. The van der Waals surface area contributed by atoms with Crippen molar-refractivity contribution >= 4 is 23.3 Å². The van der Waals surface area contributed by atoms with Crippen molar-refractivity contribution in [3.05, 3.63) is 17.8 Å². The molecule has 0 spiro atoms. The van der Waals surface area contributed by atoms with E-state index in [1.807, 2.05) is 0 Å². The number of pyridine rings is 1. The number of fused-ring (bicyclic) bond motifs is 1. The normalized spacial score (nSPS) is 20.0. The van der Waals surface area contributed by atoms with Crippen LogP contribution in [0.25, 0.3) is 0 Å². The highest BCUT2D eigenvalue weighted by Gasteiger charge is 2.33. The zero-order valence-corrected chi connectivity index (χ0v) is 11.6. The number of amides is 2. The zero-order chi connectivity index (χ0) is 14.8. The van der Waals surface area contributed by atoms with Crippen LogP contribution in [0.4, 0.5) is 11.5 Å². The van der Waals surface area contributed by atoms with Crippen LogP contribution in [-0.2, 0) is 16.2 Å². The van der Waals surface area contributed by atoms with Crippen LogP contribution in [0.5, 0.6) is 0 Å². The second-order valence-electron chi connectivity index (χ2n) is 5.30. The van der Waals surface area contributed by atoms with Crippen LogP contribution in [0, 0.1) is 0 Å². The highest BCUT2D eigenvalue weighted by Crippen LogP contribution is 2.31. The van der Waals surface area contributed by atoms with Gasteiger partial charge in [0.05, 0.1) is 18.0 Å².